The third-order valence-electron chi connectivity index (χ3n) is 5.18. The lowest BCUT2D eigenvalue weighted by molar-refractivity contribution is 0.249. The van der Waals surface area contributed by atoms with Crippen LogP contribution in [0.5, 0.6) is 0 Å². The van der Waals surface area contributed by atoms with E-state index >= 15 is 0 Å². The SMILES string of the molecule is CCn1cc(CN2CCN(c3nccnc3-c3ccc(CO)cc3)CC2)cn1. The first-order valence-corrected chi connectivity index (χ1v) is 9.76. The molecule has 3 heterocycles. The van der Waals surface area contributed by atoms with E-state index in [4.69, 9.17) is 0 Å². The highest BCUT2D eigenvalue weighted by molar-refractivity contribution is 5.72. The van der Waals surface area contributed by atoms with Crippen LogP contribution in [-0.2, 0) is 19.7 Å². The van der Waals surface area contributed by atoms with Gasteiger partial charge in [-0.2, -0.15) is 5.10 Å². The molecule has 2 aromatic heterocycles. The third-order valence-corrected chi connectivity index (χ3v) is 5.18. The Balaban J connectivity index is 1.44. The van der Waals surface area contributed by atoms with Crippen LogP contribution in [0, 0.1) is 0 Å². The molecule has 1 aromatic carbocycles. The summed E-state index contributed by atoms with van der Waals surface area (Å²) in [5.41, 5.74) is 4.08. The number of aryl methyl sites for hydroxylation is 1. The lowest BCUT2D eigenvalue weighted by Gasteiger charge is -2.35. The molecule has 28 heavy (non-hydrogen) atoms. The van der Waals surface area contributed by atoms with Gasteiger partial charge in [-0.25, -0.2) is 4.98 Å². The Kier molecular flexibility index (Phi) is 5.64. The Morgan fingerprint density at radius 2 is 1.71 bits per heavy atom. The number of piperazine rings is 1. The van der Waals surface area contributed by atoms with E-state index in [1.807, 2.05) is 35.1 Å². The molecular formula is C21H26N6O. The highest BCUT2D eigenvalue weighted by Gasteiger charge is 2.21. The van der Waals surface area contributed by atoms with Gasteiger partial charge in [-0.3, -0.25) is 14.6 Å². The Bertz CT molecular complexity index is 899. The van der Waals surface area contributed by atoms with Crippen molar-refractivity contribution in [1.29, 1.82) is 0 Å². The van der Waals surface area contributed by atoms with Crippen molar-refractivity contribution in [2.45, 2.75) is 26.6 Å². The summed E-state index contributed by atoms with van der Waals surface area (Å²) in [6, 6.07) is 7.87. The number of aromatic nitrogens is 4. The van der Waals surface area contributed by atoms with Crippen LogP contribution < -0.4 is 4.90 Å². The molecular weight excluding hydrogens is 352 g/mol. The maximum atomic E-state index is 9.26. The molecule has 0 aliphatic carbocycles. The first-order chi connectivity index (χ1) is 13.8. The highest BCUT2D eigenvalue weighted by atomic mass is 16.3. The highest BCUT2D eigenvalue weighted by Crippen LogP contribution is 2.27. The maximum Gasteiger partial charge on any atom is 0.155 e. The van der Waals surface area contributed by atoms with Crippen LogP contribution in [0.25, 0.3) is 11.3 Å². The van der Waals surface area contributed by atoms with Crippen LogP contribution >= 0.6 is 0 Å². The fraction of sp³-hybridized carbons (Fsp3) is 0.381. The standard InChI is InChI=1S/C21H26N6O/c1-2-27-15-18(13-24-27)14-25-9-11-26(12-10-25)21-20(22-7-8-23-21)19-5-3-17(16-28)4-6-19/h3-8,13,15,28H,2,9-12,14,16H2,1H3. The zero-order valence-electron chi connectivity index (χ0n) is 16.2. The fourth-order valence-corrected chi connectivity index (χ4v) is 3.57. The summed E-state index contributed by atoms with van der Waals surface area (Å²) in [5, 5.41) is 13.6. The van der Waals surface area contributed by atoms with Crippen LogP contribution in [0.15, 0.2) is 49.1 Å². The van der Waals surface area contributed by atoms with Gasteiger partial charge in [0.25, 0.3) is 0 Å². The third kappa shape index (κ3) is 4.05. The summed E-state index contributed by atoms with van der Waals surface area (Å²) in [4.78, 5) is 14.0. The number of nitrogens with zero attached hydrogens (tertiary/aromatic N) is 6. The van der Waals surface area contributed by atoms with Crippen molar-refractivity contribution < 1.29 is 5.11 Å². The molecule has 1 fully saturated rings. The molecule has 4 rings (SSSR count). The van der Waals surface area contributed by atoms with Crippen LogP contribution in [0.3, 0.4) is 0 Å². The van der Waals surface area contributed by atoms with Crippen molar-refractivity contribution in [3.05, 3.63) is 60.2 Å². The minimum atomic E-state index is 0.0483. The van der Waals surface area contributed by atoms with Crippen molar-refractivity contribution in [3.63, 3.8) is 0 Å². The summed E-state index contributed by atoms with van der Waals surface area (Å²) >= 11 is 0. The largest absolute Gasteiger partial charge is 0.392 e. The molecule has 0 amide bonds. The van der Waals surface area contributed by atoms with Gasteiger partial charge in [0.05, 0.1) is 12.8 Å². The number of rotatable bonds is 6. The molecule has 146 valence electrons. The van der Waals surface area contributed by atoms with Gasteiger partial charge in [-0.05, 0) is 12.5 Å². The van der Waals surface area contributed by atoms with E-state index in [2.05, 4.69) is 38.0 Å². The molecule has 1 saturated heterocycles. The normalized spacial score (nSPS) is 15.1. The summed E-state index contributed by atoms with van der Waals surface area (Å²) in [7, 11) is 0. The van der Waals surface area contributed by atoms with Crippen LogP contribution in [-0.4, -0.2) is 55.9 Å². The van der Waals surface area contributed by atoms with Crippen molar-refractivity contribution in [3.8, 4) is 11.3 Å². The number of benzene rings is 1. The van der Waals surface area contributed by atoms with E-state index in [9.17, 15) is 5.11 Å². The van der Waals surface area contributed by atoms with Crippen molar-refractivity contribution in [1.82, 2.24) is 24.6 Å². The second-order valence-corrected chi connectivity index (χ2v) is 7.05. The minimum Gasteiger partial charge on any atom is -0.392 e. The quantitative estimate of drug-likeness (QED) is 0.709. The van der Waals surface area contributed by atoms with Crippen molar-refractivity contribution >= 4 is 5.82 Å². The van der Waals surface area contributed by atoms with E-state index in [-0.39, 0.29) is 6.61 Å². The van der Waals surface area contributed by atoms with E-state index in [1.165, 1.54) is 5.56 Å². The summed E-state index contributed by atoms with van der Waals surface area (Å²) < 4.78 is 1.97. The Labute approximate surface area is 165 Å². The Morgan fingerprint density at radius 1 is 0.964 bits per heavy atom. The predicted octanol–water partition coefficient (Wildman–Crippen LogP) is 2.17. The van der Waals surface area contributed by atoms with Gasteiger partial charge < -0.3 is 10.0 Å². The summed E-state index contributed by atoms with van der Waals surface area (Å²) in [5.74, 6) is 0.928. The van der Waals surface area contributed by atoms with Gasteiger partial charge in [-0.15, -0.1) is 0 Å². The van der Waals surface area contributed by atoms with Crippen molar-refractivity contribution in [2.24, 2.45) is 0 Å². The predicted molar refractivity (Wildman–Crippen MR) is 109 cm³/mol. The zero-order valence-corrected chi connectivity index (χ0v) is 16.2. The monoisotopic (exact) mass is 378 g/mol. The number of aliphatic hydroxyl groups is 1. The average Bonchev–Trinajstić information content (AvgIpc) is 3.22. The minimum absolute atomic E-state index is 0.0483. The van der Waals surface area contributed by atoms with Crippen molar-refractivity contribution in [2.75, 3.05) is 31.1 Å². The van der Waals surface area contributed by atoms with Crippen LogP contribution in [0.4, 0.5) is 5.82 Å². The summed E-state index contributed by atoms with van der Waals surface area (Å²) in [6.45, 7) is 7.79. The van der Waals surface area contributed by atoms with E-state index in [1.54, 1.807) is 12.4 Å². The second kappa shape index (κ2) is 8.50. The molecule has 0 radical (unpaired) electrons. The van der Waals surface area contributed by atoms with Gasteiger partial charge in [0.15, 0.2) is 5.82 Å². The van der Waals surface area contributed by atoms with Gasteiger partial charge in [0, 0.05) is 69.0 Å². The average molecular weight is 378 g/mol. The number of hydrogen-bond acceptors (Lipinski definition) is 6. The smallest absolute Gasteiger partial charge is 0.155 e. The van der Waals surface area contributed by atoms with Gasteiger partial charge >= 0.3 is 0 Å². The topological polar surface area (TPSA) is 70.3 Å². The number of aliphatic hydroxyl groups excluding tert-OH is 1. The molecule has 3 aromatic rings. The van der Waals surface area contributed by atoms with Crippen LogP contribution in [0.1, 0.15) is 18.1 Å². The maximum absolute atomic E-state index is 9.26. The van der Waals surface area contributed by atoms with Crippen LogP contribution in [0.2, 0.25) is 0 Å². The van der Waals surface area contributed by atoms with Gasteiger partial charge in [-0.1, -0.05) is 24.3 Å². The van der Waals surface area contributed by atoms with E-state index < -0.39 is 0 Å². The van der Waals surface area contributed by atoms with E-state index in [0.717, 1.165) is 61.9 Å². The molecule has 1 N–H and O–H groups in total. The fourth-order valence-electron chi connectivity index (χ4n) is 3.57. The molecule has 0 bridgehead atoms. The van der Waals surface area contributed by atoms with Gasteiger partial charge in [0.1, 0.15) is 5.69 Å². The second-order valence-electron chi connectivity index (χ2n) is 7.05. The number of hydrogen-bond donors (Lipinski definition) is 1. The Morgan fingerprint density at radius 3 is 2.39 bits per heavy atom. The molecule has 7 nitrogen and oxygen atoms in total. The van der Waals surface area contributed by atoms with E-state index in [0.29, 0.717) is 0 Å². The molecule has 7 heteroatoms. The van der Waals surface area contributed by atoms with Gasteiger partial charge in [0.2, 0.25) is 0 Å². The number of anilines is 1. The first-order valence-electron chi connectivity index (χ1n) is 9.76. The molecule has 0 spiro atoms. The molecule has 1 aliphatic rings. The lowest BCUT2D eigenvalue weighted by atomic mass is 10.1. The molecule has 0 saturated carbocycles. The Hall–Kier alpha value is -2.77. The first kappa shape index (κ1) is 18.6. The summed E-state index contributed by atoms with van der Waals surface area (Å²) in [6.07, 6.45) is 7.59. The zero-order chi connectivity index (χ0) is 19.3. The molecule has 0 atom stereocenters. The molecule has 1 aliphatic heterocycles. The lowest BCUT2D eigenvalue weighted by Crippen LogP contribution is -2.46. The molecule has 0 unspecified atom stereocenters.